The molecule has 1 aromatic rings. The summed E-state index contributed by atoms with van der Waals surface area (Å²) >= 11 is 0. The Labute approximate surface area is 192 Å². The fourth-order valence-electron chi connectivity index (χ4n) is 3.89. The largest absolute Gasteiger partial charge is 0.492 e. The molecule has 3 atom stereocenters. The number of nitrogens with one attached hydrogen (secondary N) is 1. The first kappa shape index (κ1) is 25.7. The number of carbonyl (C=O) groups excluding carboxylic acids is 1. The number of hydrogen-bond acceptors (Lipinski definition) is 3. The number of amides is 1. The number of carbonyl (C=O) groups is 2. The van der Waals surface area contributed by atoms with E-state index in [9.17, 15) is 14.7 Å². The topological polar surface area (TPSA) is 75.6 Å². The summed E-state index contributed by atoms with van der Waals surface area (Å²) < 4.78 is 6.00. The van der Waals surface area contributed by atoms with E-state index in [1.807, 2.05) is 64.1 Å². The van der Waals surface area contributed by atoms with Crippen LogP contribution >= 0.6 is 0 Å². The Morgan fingerprint density at radius 3 is 2.22 bits per heavy atom. The summed E-state index contributed by atoms with van der Waals surface area (Å²) in [5, 5.41) is 12.5. The lowest BCUT2D eigenvalue weighted by Gasteiger charge is -2.30. The van der Waals surface area contributed by atoms with Crippen LogP contribution in [0.5, 0.6) is 0 Å². The van der Waals surface area contributed by atoms with Gasteiger partial charge in [-0.25, -0.2) is 4.79 Å². The molecular weight excluding hydrogens is 402 g/mol. The number of rotatable bonds is 9. The second-order valence-corrected chi connectivity index (χ2v) is 10.4. The van der Waals surface area contributed by atoms with Crippen molar-refractivity contribution in [3.63, 3.8) is 0 Å². The molecule has 176 valence electrons. The maximum absolute atomic E-state index is 12.8. The normalized spacial score (nSPS) is 18.4. The van der Waals surface area contributed by atoms with E-state index in [1.165, 1.54) is 5.56 Å². The molecule has 2 rings (SSSR count). The molecule has 0 aliphatic heterocycles. The zero-order valence-electron chi connectivity index (χ0n) is 20.6. The van der Waals surface area contributed by atoms with E-state index in [0.29, 0.717) is 12.3 Å². The number of carboxylic acid groups (broad SMARTS) is 1. The lowest BCUT2D eigenvalue weighted by molar-refractivity contribution is -0.142. The van der Waals surface area contributed by atoms with Gasteiger partial charge in [0.25, 0.3) is 0 Å². The van der Waals surface area contributed by atoms with Gasteiger partial charge in [0.2, 0.25) is 5.91 Å². The number of carboxylic acids is 1. The minimum atomic E-state index is -1.02. The molecule has 1 aromatic carbocycles. The van der Waals surface area contributed by atoms with Crippen LogP contribution in [-0.2, 0) is 20.7 Å². The van der Waals surface area contributed by atoms with E-state index in [4.69, 9.17) is 4.74 Å². The van der Waals surface area contributed by atoms with E-state index in [-0.39, 0.29) is 23.8 Å². The molecule has 5 heteroatoms. The van der Waals surface area contributed by atoms with Crippen LogP contribution in [0.4, 0.5) is 0 Å². The predicted molar refractivity (Wildman–Crippen MR) is 128 cm³/mol. The Balaban J connectivity index is 2.04. The molecule has 1 aliphatic carbocycles. The van der Waals surface area contributed by atoms with Crippen LogP contribution in [0.1, 0.15) is 78.4 Å². The van der Waals surface area contributed by atoms with Crippen molar-refractivity contribution in [1.29, 1.82) is 0 Å². The molecule has 0 heterocycles. The smallest absolute Gasteiger partial charge is 0.326 e. The molecular formula is C27H39NO4. The van der Waals surface area contributed by atoms with Crippen LogP contribution < -0.4 is 5.32 Å². The van der Waals surface area contributed by atoms with E-state index in [2.05, 4.69) is 26.1 Å². The summed E-state index contributed by atoms with van der Waals surface area (Å²) in [6, 6.07) is 7.06. The van der Waals surface area contributed by atoms with Gasteiger partial charge < -0.3 is 15.2 Å². The Hall–Kier alpha value is -2.56. The SMILES string of the molecule is CC(C)Cc1ccc([C@H](C)C(=O)NC(CC2=CC=C(OC(C)(C)C)C(C)C2)C(=O)O)cc1. The molecule has 1 amide bonds. The molecule has 0 aromatic heterocycles. The van der Waals surface area contributed by atoms with Crippen LogP contribution in [0, 0.1) is 11.8 Å². The number of hydrogen-bond donors (Lipinski definition) is 2. The van der Waals surface area contributed by atoms with Crippen LogP contribution in [0.3, 0.4) is 0 Å². The zero-order valence-corrected chi connectivity index (χ0v) is 20.6. The number of allylic oxidation sites excluding steroid dienone is 3. The Morgan fingerprint density at radius 1 is 1.09 bits per heavy atom. The first-order valence-corrected chi connectivity index (χ1v) is 11.6. The van der Waals surface area contributed by atoms with E-state index < -0.39 is 17.9 Å². The van der Waals surface area contributed by atoms with Crippen molar-refractivity contribution in [2.45, 2.75) is 85.3 Å². The molecule has 0 spiro atoms. The third-order valence-electron chi connectivity index (χ3n) is 5.56. The fourth-order valence-corrected chi connectivity index (χ4v) is 3.89. The summed E-state index contributed by atoms with van der Waals surface area (Å²) in [5.74, 6) is -0.0660. The highest BCUT2D eigenvalue weighted by atomic mass is 16.5. The summed E-state index contributed by atoms with van der Waals surface area (Å²) in [6.07, 6.45) is 5.85. The van der Waals surface area contributed by atoms with Crippen LogP contribution in [-0.4, -0.2) is 28.6 Å². The average Bonchev–Trinajstić information content (AvgIpc) is 2.68. The minimum Gasteiger partial charge on any atom is -0.492 e. The molecule has 0 saturated carbocycles. The average molecular weight is 442 g/mol. The van der Waals surface area contributed by atoms with Gasteiger partial charge in [0, 0.05) is 5.92 Å². The highest BCUT2D eigenvalue weighted by molar-refractivity contribution is 5.88. The Kier molecular flexibility index (Phi) is 8.71. The minimum absolute atomic E-state index is 0.169. The highest BCUT2D eigenvalue weighted by Gasteiger charge is 2.27. The maximum atomic E-state index is 12.8. The number of ether oxygens (including phenoxy) is 1. The molecule has 0 fully saturated rings. The van der Waals surface area contributed by atoms with Crippen molar-refractivity contribution >= 4 is 11.9 Å². The van der Waals surface area contributed by atoms with Crippen molar-refractivity contribution < 1.29 is 19.4 Å². The molecule has 0 saturated heterocycles. The van der Waals surface area contributed by atoms with E-state index in [0.717, 1.165) is 23.3 Å². The zero-order chi connectivity index (χ0) is 24.1. The van der Waals surface area contributed by atoms with Crippen molar-refractivity contribution in [3.8, 4) is 0 Å². The number of benzene rings is 1. The van der Waals surface area contributed by atoms with Gasteiger partial charge in [0.05, 0.1) is 11.7 Å². The predicted octanol–water partition coefficient (Wildman–Crippen LogP) is 5.61. The standard InChI is InChI=1S/C27H39NO4/c1-17(2)14-20-8-11-22(12-9-20)19(4)25(29)28-23(26(30)31)16-21-10-13-24(18(3)15-21)32-27(5,6)7/h8-13,17-19,23H,14-16H2,1-7H3,(H,28,29)(H,30,31)/t18?,19-,23?/m0/s1. The fraction of sp³-hybridized carbons (Fsp3) is 0.556. The van der Waals surface area contributed by atoms with Gasteiger partial charge in [-0.3, -0.25) is 4.79 Å². The summed E-state index contributed by atoms with van der Waals surface area (Å²) in [4.78, 5) is 24.7. The van der Waals surface area contributed by atoms with Gasteiger partial charge in [-0.1, -0.05) is 56.7 Å². The molecule has 2 unspecified atom stereocenters. The Morgan fingerprint density at radius 2 is 1.72 bits per heavy atom. The highest BCUT2D eigenvalue weighted by Crippen LogP contribution is 2.31. The lowest BCUT2D eigenvalue weighted by atomic mass is 9.89. The van der Waals surface area contributed by atoms with Gasteiger partial charge in [-0.2, -0.15) is 0 Å². The van der Waals surface area contributed by atoms with Crippen molar-refractivity contribution in [2.75, 3.05) is 0 Å². The Bertz CT molecular complexity index is 859. The third-order valence-corrected chi connectivity index (χ3v) is 5.56. The van der Waals surface area contributed by atoms with Gasteiger partial charge >= 0.3 is 5.97 Å². The van der Waals surface area contributed by atoms with E-state index >= 15 is 0 Å². The van der Waals surface area contributed by atoms with Gasteiger partial charge in [0.15, 0.2) is 0 Å². The second kappa shape index (κ2) is 10.8. The quantitative estimate of drug-likeness (QED) is 0.522. The summed E-state index contributed by atoms with van der Waals surface area (Å²) in [6.45, 7) is 14.3. The molecule has 2 N–H and O–H groups in total. The maximum Gasteiger partial charge on any atom is 0.326 e. The van der Waals surface area contributed by atoms with Crippen LogP contribution in [0.15, 0.2) is 47.7 Å². The van der Waals surface area contributed by atoms with E-state index in [1.54, 1.807) is 0 Å². The van der Waals surface area contributed by atoms with Gasteiger partial charge in [-0.05, 0) is 70.1 Å². The molecule has 32 heavy (non-hydrogen) atoms. The molecule has 0 radical (unpaired) electrons. The van der Waals surface area contributed by atoms with Crippen molar-refractivity contribution in [3.05, 3.63) is 58.9 Å². The molecule has 1 aliphatic rings. The monoisotopic (exact) mass is 441 g/mol. The second-order valence-electron chi connectivity index (χ2n) is 10.4. The van der Waals surface area contributed by atoms with Crippen LogP contribution in [0.25, 0.3) is 0 Å². The van der Waals surface area contributed by atoms with Crippen molar-refractivity contribution in [1.82, 2.24) is 5.32 Å². The van der Waals surface area contributed by atoms with Gasteiger partial charge in [-0.15, -0.1) is 0 Å². The van der Waals surface area contributed by atoms with Crippen LogP contribution in [0.2, 0.25) is 0 Å². The third kappa shape index (κ3) is 7.85. The number of aliphatic carboxylic acids is 1. The first-order valence-electron chi connectivity index (χ1n) is 11.6. The first-order chi connectivity index (χ1) is 14.9. The van der Waals surface area contributed by atoms with Gasteiger partial charge in [0.1, 0.15) is 11.6 Å². The lowest BCUT2D eigenvalue weighted by Crippen LogP contribution is -2.43. The van der Waals surface area contributed by atoms with Crippen molar-refractivity contribution in [2.24, 2.45) is 11.8 Å². The molecule has 5 nitrogen and oxygen atoms in total. The summed E-state index contributed by atoms with van der Waals surface area (Å²) in [5.41, 5.74) is 2.85. The summed E-state index contributed by atoms with van der Waals surface area (Å²) in [7, 11) is 0. The molecule has 0 bridgehead atoms.